The van der Waals surface area contributed by atoms with Gasteiger partial charge in [-0.15, -0.1) is 0 Å². The summed E-state index contributed by atoms with van der Waals surface area (Å²) in [7, 11) is -1.38. The Hall–Kier alpha value is -0.940. The number of fused-ring (bicyclic) bond motifs is 1. The first kappa shape index (κ1) is 15.4. The van der Waals surface area contributed by atoms with E-state index in [1.54, 1.807) is 19.9 Å². The van der Waals surface area contributed by atoms with Crippen LogP contribution in [0.25, 0.3) is 10.9 Å². The third kappa shape index (κ3) is 3.04. The van der Waals surface area contributed by atoms with Crippen LogP contribution in [0.15, 0.2) is 27.9 Å². The van der Waals surface area contributed by atoms with Crippen LogP contribution in [0.4, 0.5) is 0 Å². The van der Waals surface area contributed by atoms with Crippen molar-refractivity contribution < 1.29 is 8.42 Å². The van der Waals surface area contributed by atoms with Gasteiger partial charge < -0.3 is 4.98 Å². The summed E-state index contributed by atoms with van der Waals surface area (Å²) in [5.74, 6) is 0. The van der Waals surface area contributed by atoms with Gasteiger partial charge in [0.05, 0.1) is 5.02 Å². The lowest BCUT2D eigenvalue weighted by atomic mass is 10.2. The van der Waals surface area contributed by atoms with Crippen molar-refractivity contribution >= 4 is 47.1 Å². The van der Waals surface area contributed by atoms with Crippen molar-refractivity contribution in [3.63, 3.8) is 0 Å². The fourth-order valence-electron chi connectivity index (χ4n) is 1.80. The number of hydrogen-bond donors (Lipinski definition) is 2. The number of hydrogen-bond acceptors (Lipinski definition) is 3. The second-order valence-electron chi connectivity index (χ2n) is 4.70. The van der Waals surface area contributed by atoms with Crippen LogP contribution < -0.4 is 15.6 Å². The molecule has 0 aliphatic carbocycles. The third-order valence-corrected chi connectivity index (χ3v) is 5.16. The van der Waals surface area contributed by atoms with Crippen molar-refractivity contribution in [3.05, 3.63) is 33.6 Å². The zero-order chi connectivity index (χ0) is 15.1. The Kier molecular flexibility index (Phi) is 4.21. The summed E-state index contributed by atoms with van der Waals surface area (Å²) in [4.78, 5) is 14.2. The van der Waals surface area contributed by atoms with Gasteiger partial charge in [0, 0.05) is 22.2 Å². The molecular formula is C12H14ClN2O3PS. The van der Waals surface area contributed by atoms with Gasteiger partial charge in [0.25, 0.3) is 5.56 Å². The minimum absolute atomic E-state index is 0.00295. The molecule has 2 N–H and O–H groups in total. The van der Waals surface area contributed by atoms with E-state index in [4.69, 9.17) is 11.6 Å². The first-order valence-electron chi connectivity index (χ1n) is 5.85. The number of aromatic amines is 1. The Bertz CT molecular complexity index is 830. The molecule has 1 unspecified atom stereocenters. The highest BCUT2D eigenvalue weighted by molar-refractivity contribution is 7.89. The SMILES string of the molecule is CC(C)NS(=O)(=O)c1cc2cc(P)c(=O)[nH]c2cc1Cl. The van der Waals surface area contributed by atoms with Crippen molar-refractivity contribution in [3.8, 4) is 0 Å². The molecule has 0 aliphatic rings. The lowest BCUT2D eigenvalue weighted by Gasteiger charge is -2.12. The fraction of sp³-hybridized carbons (Fsp3) is 0.250. The standard InChI is InChI=1S/C12H14ClN2O3PS/c1-6(2)15-20(17,18)11-4-7-3-10(19)12(16)14-9(7)5-8(11)13/h3-6,15H,19H2,1-2H3,(H,14,16). The number of H-pyrrole nitrogens is 1. The van der Waals surface area contributed by atoms with E-state index in [-0.39, 0.29) is 21.5 Å². The zero-order valence-electron chi connectivity index (χ0n) is 10.9. The lowest BCUT2D eigenvalue weighted by molar-refractivity contribution is 0.570. The maximum Gasteiger partial charge on any atom is 0.255 e. The zero-order valence-corrected chi connectivity index (χ0v) is 13.6. The first-order chi connectivity index (χ1) is 9.20. The van der Waals surface area contributed by atoms with Crippen LogP contribution in [0, 0.1) is 0 Å². The molecule has 0 spiro atoms. The number of benzene rings is 1. The minimum Gasteiger partial charge on any atom is -0.321 e. The average Bonchev–Trinajstić information content (AvgIpc) is 2.28. The van der Waals surface area contributed by atoms with Gasteiger partial charge in [0.1, 0.15) is 4.90 Å². The number of halogens is 1. The molecule has 0 saturated carbocycles. The van der Waals surface area contributed by atoms with Gasteiger partial charge in [-0.3, -0.25) is 4.79 Å². The van der Waals surface area contributed by atoms with E-state index >= 15 is 0 Å². The fourth-order valence-corrected chi connectivity index (χ4v) is 3.87. The molecule has 1 atom stereocenters. The average molecular weight is 333 g/mol. The lowest BCUT2D eigenvalue weighted by Crippen LogP contribution is -2.30. The van der Waals surface area contributed by atoms with E-state index in [2.05, 4.69) is 18.9 Å². The van der Waals surface area contributed by atoms with Crippen molar-refractivity contribution in [2.24, 2.45) is 0 Å². The topological polar surface area (TPSA) is 79.0 Å². The Morgan fingerprint density at radius 2 is 1.95 bits per heavy atom. The van der Waals surface area contributed by atoms with Crippen LogP contribution in [0.5, 0.6) is 0 Å². The molecule has 8 heteroatoms. The summed E-state index contributed by atoms with van der Waals surface area (Å²) >= 11 is 6.02. The van der Waals surface area contributed by atoms with E-state index in [0.29, 0.717) is 16.2 Å². The summed E-state index contributed by atoms with van der Waals surface area (Å²) in [5.41, 5.74) is 0.240. The van der Waals surface area contributed by atoms with Crippen molar-refractivity contribution in [1.29, 1.82) is 0 Å². The molecule has 108 valence electrons. The maximum atomic E-state index is 12.2. The smallest absolute Gasteiger partial charge is 0.255 e. The molecule has 20 heavy (non-hydrogen) atoms. The summed E-state index contributed by atoms with van der Waals surface area (Å²) in [6.07, 6.45) is 0. The Morgan fingerprint density at radius 1 is 1.30 bits per heavy atom. The van der Waals surface area contributed by atoms with E-state index in [0.717, 1.165) is 0 Å². The predicted molar refractivity (Wildman–Crippen MR) is 84.4 cm³/mol. The molecule has 0 amide bonds. The second-order valence-corrected chi connectivity index (χ2v) is 7.41. The van der Waals surface area contributed by atoms with Gasteiger partial charge in [-0.1, -0.05) is 20.8 Å². The summed E-state index contributed by atoms with van der Waals surface area (Å²) < 4.78 is 26.9. The van der Waals surface area contributed by atoms with Crippen LogP contribution >= 0.6 is 20.8 Å². The minimum atomic E-state index is -3.69. The van der Waals surface area contributed by atoms with Crippen LogP contribution in [0.3, 0.4) is 0 Å². The second kappa shape index (κ2) is 5.45. The molecule has 2 rings (SSSR count). The summed E-state index contributed by atoms with van der Waals surface area (Å²) in [6.45, 7) is 3.45. The highest BCUT2D eigenvalue weighted by Crippen LogP contribution is 2.26. The van der Waals surface area contributed by atoms with E-state index in [1.807, 2.05) is 0 Å². The number of rotatable bonds is 3. The van der Waals surface area contributed by atoms with Gasteiger partial charge in [-0.05, 0) is 32.0 Å². The van der Waals surface area contributed by atoms with Crippen molar-refractivity contribution in [2.75, 3.05) is 0 Å². The Morgan fingerprint density at radius 3 is 2.55 bits per heavy atom. The highest BCUT2D eigenvalue weighted by Gasteiger charge is 2.20. The normalized spacial score (nSPS) is 12.2. The number of pyridine rings is 1. The van der Waals surface area contributed by atoms with E-state index in [1.165, 1.54) is 12.1 Å². The molecule has 0 aliphatic heterocycles. The molecule has 1 aromatic heterocycles. The molecule has 0 bridgehead atoms. The molecule has 1 heterocycles. The van der Waals surface area contributed by atoms with Crippen molar-refractivity contribution in [2.45, 2.75) is 24.8 Å². The number of aromatic nitrogens is 1. The Balaban J connectivity index is 2.70. The third-order valence-electron chi connectivity index (χ3n) is 2.61. The molecule has 0 saturated heterocycles. The molecular weight excluding hydrogens is 319 g/mol. The van der Waals surface area contributed by atoms with Crippen LogP contribution in [0.1, 0.15) is 13.8 Å². The molecule has 0 radical (unpaired) electrons. The van der Waals surface area contributed by atoms with Gasteiger partial charge >= 0.3 is 0 Å². The van der Waals surface area contributed by atoms with Gasteiger partial charge in [0.15, 0.2) is 0 Å². The maximum absolute atomic E-state index is 12.2. The Labute approximate surface area is 124 Å². The monoisotopic (exact) mass is 332 g/mol. The van der Waals surface area contributed by atoms with Crippen LogP contribution in [-0.4, -0.2) is 19.4 Å². The number of nitrogens with one attached hydrogen (secondary N) is 2. The van der Waals surface area contributed by atoms with Gasteiger partial charge in [-0.2, -0.15) is 0 Å². The van der Waals surface area contributed by atoms with E-state index in [9.17, 15) is 13.2 Å². The summed E-state index contributed by atoms with van der Waals surface area (Å²) in [5, 5.41) is 1.10. The molecule has 1 aromatic carbocycles. The van der Waals surface area contributed by atoms with Gasteiger partial charge in [-0.25, -0.2) is 13.1 Å². The largest absolute Gasteiger partial charge is 0.321 e. The van der Waals surface area contributed by atoms with Crippen LogP contribution in [0.2, 0.25) is 5.02 Å². The molecule has 2 aromatic rings. The quantitative estimate of drug-likeness (QED) is 0.833. The van der Waals surface area contributed by atoms with Gasteiger partial charge in [0.2, 0.25) is 10.0 Å². The molecule has 0 fully saturated rings. The molecule has 5 nitrogen and oxygen atoms in total. The first-order valence-corrected chi connectivity index (χ1v) is 8.29. The van der Waals surface area contributed by atoms with Crippen molar-refractivity contribution in [1.82, 2.24) is 9.71 Å². The van der Waals surface area contributed by atoms with Crippen LogP contribution in [-0.2, 0) is 10.0 Å². The number of sulfonamides is 1. The predicted octanol–water partition coefficient (Wildman–Crippen LogP) is 1.37. The van der Waals surface area contributed by atoms with E-state index < -0.39 is 10.0 Å². The summed E-state index contributed by atoms with van der Waals surface area (Å²) in [6, 6.07) is 4.26. The highest BCUT2D eigenvalue weighted by atomic mass is 35.5.